The van der Waals surface area contributed by atoms with Crippen LogP contribution in [-0.4, -0.2) is 22.0 Å². The van der Waals surface area contributed by atoms with E-state index < -0.39 is 5.97 Å². The number of pyridine rings is 1. The Morgan fingerprint density at radius 3 is 2.15 bits per heavy atom. The molecule has 1 aliphatic rings. The number of rotatable bonds is 3. The van der Waals surface area contributed by atoms with Crippen molar-refractivity contribution in [2.24, 2.45) is 0 Å². The van der Waals surface area contributed by atoms with E-state index in [0.717, 1.165) is 24.1 Å². The molecule has 0 aliphatic heterocycles. The van der Waals surface area contributed by atoms with Crippen molar-refractivity contribution in [3.63, 3.8) is 0 Å². The first-order chi connectivity index (χ1) is 12.5. The van der Waals surface area contributed by atoms with Gasteiger partial charge < -0.3 is 10.4 Å². The lowest BCUT2D eigenvalue weighted by atomic mass is 9.63. The number of carbonyl (C=O) groups is 2. The molecule has 3 rings (SSSR count). The summed E-state index contributed by atoms with van der Waals surface area (Å²) in [5.74, 6) is -1.41. The zero-order valence-corrected chi connectivity index (χ0v) is 16.5. The Morgan fingerprint density at radius 1 is 1.04 bits per heavy atom. The van der Waals surface area contributed by atoms with Crippen LogP contribution in [0.1, 0.15) is 78.1 Å². The molecule has 1 amide bonds. The minimum Gasteiger partial charge on any atom is -0.478 e. The molecule has 0 fully saturated rings. The van der Waals surface area contributed by atoms with Gasteiger partial charge in [-0.15, -0.1) is 0 Å². The molecule has 1 heterocycles. The lowest BCUT2D eigenvalue weighted by Crippen LogP contribution is -2.34. The molecule has 0 unspecified atom stereocenters. The van der Waals surface area contributed by atoms with Gasteiger partial charge in [0.25, 0.3) is 5.91 Å². The van der Waals surface area contributed by atoms with Crippen LogP contribution in [0.2, 0.25) is 0 Å². The summed E-state index contributed by atoms with van der Waals surface area (Å²) in [5, 5.41) is 11.9. The van der Waals surface area contributed by atoms with Crippen molar-refractivity contribution in [2.45, 2.75) is 58.3 Å². The van der Waals surface area contributed by atoms with E-state index in [4.69, 9.17) is 5.11 Å². The second kappa shape index (κ2) is 6.48. The van der Waals surface area contributed by atoms with Gasteiger partial charge in [-0.25, -0.2) is 4.79 Å². The molecule has 27 heavy (non-hydrogen) atoms. The number of anilines is 1. The summed E-state index contributed by atoms with van der Waals surface area (Å²) >= 11 is 0. The quantitative estimate of drug-likeness (QED) is 0.826. The number of nitrogens with one attached hydrogen (secondary N) is 1. The van der Waals surface area contributed by atoms with Crippen molar-refractivity contribution in [1.82, 2.24) is 4.98 Å². The zero-order chi connectivity index (χ0) is 20.0. The fourth-order valence-electron chi connectivity index (χ4n) is 3.70. The number of carboxylic acids is 1. The van der Waals surface area contributed by atoms with E-state index in [9.17, 15) is 9.59 Å². The van der Waals surface area contributed by atoms with Crippen molar-refractivity contribution >= 4 is 17.6 Å². The van der Waals surface area contributed by atoms with Crippen LogP contribution in [0.25, 0.3) is 0 Å². The van der Waals surface area contributed by atoms with Gasteiger partial charge in [-0.1, -0.05) is 33.8 Å². The molecule has 0 bridgehead atoms. The number of amides is 1. The molecule has 5 nitrogen and oxygen atoms in total. The van der Waals surface area contributed by atoms with Gasteiger partial charge >= 0.3 is 5.97 Å². The second-order valence-electron chi connectivity index (χ2n) is 8.67. The first-order valence-electron chi connectivity index (χ1n) is 9.17. The van der Waals surface area contributed by atoms with E-state index in [2.05, 4.69) is 50.1 Å². The molecule has 142 valence electrons. The normalized spacial score (nSPS) is 17.1. The summed E-state index contributed by atoms with van der Waals surface area (Å²) in [6.45, 7) is 11.0. The van der Waals surface area contributed by atoms with Crippen molar-refractivity contribution in [2.75, 3.05) is 5.32 Å². The Balaban J connectivity index is 1.94. The van der Waals surface area contributed by atoms with E-state index in [1.54, 1.807) is 0 Å². The van der Waals surface area contributed by atoms with Crippen molar-refractivity contribution in [1.29, 1.82) is 0 Å². The molecule has 0 spiro atoms. The number of aromatic nitrogens is 1. The first-order valence-corrected chi connectivity index (χ1v) is 9.17. The van der Waals surface area contributed by atoms with E-state index in [-0.39, 0.29) is 28.0 Å². The van der Waals surface area contributed by atoms with Gasteiger partial charge in [-0.3, -0.25) is 9.78 Å². The van der Waals surface area contributed by atoms with Crippen LogP contribution in [0.5, 0.6) is 0 Å². The van der Waals surface area contributed by atoms with Crippen LogP contribution in [0.15, 0.2) is 30.5 Å². The smallest absolute Gasteiger partial charge is 0.337 e. The van der Waals surface area contributed by atoms with Gasteiger partial charge in [-0.2, -0.15) is 0 Å². The lowest BCUT2D eigenvalue weighted by molar-refractivity contribution is 0.0695. The van der Waals surface area contributed by atoms with Crippen LogP contribution < -0.4 is 5.32 Å². The highest BCUT2D eigenvalue weighted by molar-refractivity contribution is 6.03. The van der Waals surface area contributed by atoms with E-state index in [0.29, 0.717) is 0 Å². The molecular formula is C22H26N2O3. The number of aromatic carboxylic acids is 1. The Kier molecular flexibility index (Phi) is 4.58. The van der Waals surface area contributed by atoms with E-state index in [1.165, 1.54) is 29.5 Å². The standard InChI is InChI=1S/C22H26N2O3/c1-13-10-15-16(22(4,5)9-8-21(15,2)3)11-18(13)24-19(25)17-7-6-14(12-23-17)20(26)27/h6-7,10-12H,8-9H2,1-5H3,(H,24,25)(H,26,27). The van der Waals surface area contributed by atoms with E-state index in [1.807, 2.05) is 6.92 Å². The fraction of sp³-hybridized carbons (Fsp3) is 0.409. The SMILES string of the molecule is Cc1cc2c(cc1NC(=O)c1ccc(C(=O)O)cn1)C(C)(C)CCC2(C)C. The lowest BCUT2D eigenvalue weighted by Gasteiger charge is -2.42. The number of aryl methyl sites for hydroxylation is 1. The van der Waals surface area contributed by atoms with Gasteiger partial charge in [0.2, 0.25) is 0 Å². The van der Waals surface area contributed by atoms with Crippen molar-refractivity contribution < 1.29 is 14.7 Å². The highest BCUT2D eigenvalue weighted by Crippen LogP contribution is 2.47. The Morgan fingerprint density at radius 2 is 1.63 bits per heavy atom. The highest BCUT2D eigenvalue weighted by Gasteiger charge is 2.37. The van der Waals surface area contributed by atoms with Crippen molar-refractivity contribution in [3.05, 3.63) is 58.4 Å². The minimum atomic E-state index is -1.06. The second-order valence-corrected chi connectivity index (χ2v) is 8.67. The molecule has 1 aromatic carbocycles. The summed E-state index contributed by atoms with van der Waals surface area (Å²) in [6.07, 6.45) is 3.43. The molecule has 2 aromatic rings. The maximum atomic E-state index is 12.6. The maximum Gasteiger partial charge on any atom is 0.337 e. The third-order valence-electron chi connectivity index (χ3n) is 5.69. The third-order valence-corrected chi connectivity index (χ3v) is 5.69. The Hall–Kier alpha value is -2.69. The van der Waals surface area contributed by atoms with E-state index >= 15 is 0 Å². The number of benzene rings is 1. The molecule has 0 saturated heterocycles. The molecule has 0 saturated carbocycles. The van der Waals surface area contributed by atoms with Gasteiger partial charge in [-0.05, 0) is 65.5 Å². The maximum absolute atomic E-state index is 12.6. The summed E-state index contributed by atoms with van der Waals surface area (Å²) < 4.78 is 0. The predicted octanol–water partition coefficient (Wildman–Crippen LogP) is 4.69. The van der Waals surface area contributed by atoms with Crippen LogP contribution >= 0.6 is 0 Å². The average molecular weight is 366 g/mol. The first kappa shape index (κ1) is 19.1. The summed E-state index contributed by atoms with van der Waals surface area (Å²) in [4.78, 5) is 27.5. The average Bonchev–Trinajstić information content (AvgIpc) is 2.60. The van der Waals surface area contributed by atoms with Gasteiger partial charge in [0.1, 0.15) is 5.69 Å². The van der Waals surface area contributed by atoms with Crippen LogP contribution in [-0.2, 0) is 10.8 Å². The Bertz CT molecular complexity index is 912. The number of hydrogen-bond acceptors (Lipinski definition) is 3. The molecule has 0 radical (unpaired) electrons. The third kappa shape index (κ3) is 3.59. The minimum absolute atomic E-state index is 0.0550. The van der Waals surface area contributed by atoms with Crippen LogP contribution in [0.3, 0.4) is 0 Å². The highest BCUT2D eigenvalue weighted by atomic mass is 16.4. The number of hydrogen-bond donors (Lipinski definition) is 2. The molecule has 0 atom stereocenters. The number of nitrogens with zero attached hydrogens (tertiary/aromatic N) is 1. The fourth-order valence-corrected chi connectivity index (χ4v) is 3.70. The number of carbonyl (C=O) groups excluding carboxylic acids is 1. The predicted molar refractivity (Wildman–Crippen MR) is 106 cm³/mol. The van der Waals surface area contributed by atoms with Gasteiger partial charge in [0, 0.05) is 11.9 Å². The van der Waals surface area contributed by atoms with Crippen LogP contribution in [0.4, 0.5) is 5.69 Å². The monoisotopic (exact) mass is 366 g/mol. The Labute approximate surface area is 159 Å². The van der Waals surface area contributed by atoms with Gasteiger partial charge in [0.15, 0.2) is 0 Å². The number of carboxylic acid groups (broad SMARTS) is 1. The number of fused-ring (bicyclic) bond motifs is 1. The molecule has 1 aliphatic carbocycles. The summed E-state index contributed by atoms with van der Waals surface area (Å²) in [7, 11) is 0. The molecule has 5 heteroatoms. The molecular weight excluding hydrogens is 340 g/mol. The van der Waals surface area contributed by atoms with Gasteiger partial charge in [0.05, 0.1) is 5.56 Å². The van der Waals surface area contributed by atoms with Crippen LogP contribution in [0, 0.1) is 6.92 Å². The molecule has 2 N–H and O–H groups in total. The topological polar surface area (TPSA) is 79.3 Å². The molecule has 1 aromatic heterocycles. The zero-order valence-electron chi connectivity index (χ0n) is 16.5. The summed E-state index contributed by atoms with van der Waals surface area (Å²) in [5.41, 5.74) is 4.82. The summed E-state index contributed by atoms with van der Waals surface area (Å²) in [6, 6.07) is 7.09. The largest absolute Gasteiger partial charge is 0.478 e. The van der Waals surface area contributed by atoms with Crippen molar-refractivity contribution in [3.8, 4) is 0 Å².